The molecule has 0 amide bonds. The van der Waals surface area contributed by atoms with Crippen molar-refractivity contribution in [1.29, 1.82) is 0 Å². The van der Waals surface area contributed by atoms with Crippen LogP contribution in [0.5, 0.6) is 0 Å². The van der Waals surface area contributed by atoms with Crippen LogP contribution in [0.1, 0.15) is 11.4 Å². The fourth-order valence-corrected chi connectivity index (χ4v) is 2.36. The molecule has 1 heterocycles. The number of hydrogen-bond acceptors (Lipinski definition) is 4. The topological polar surface area (TPSA) is 38.9 Å². The van der Waals surface area contributed by atoms with Gasteiger partial charge in [0.1, 0.15) is 5.01 Å². The summed E-state index contributed by atoms with van der Waals surface area (Å²) >= 11 is 3.62. The number of nitrogens with zero attached hydrogens (tertiary/aromatic N) is 1. The van der Waals surface area contributed by atoms with E-state index in [9.17, 15) is 0 Å². The second-order valence-corrected chi connectivity index (χ2v) is 4.20. The third-order valence-electron chi connectivity index (χ3n) is 1.20. The quantitative estimate of drug-likeness (QED) is 0.780. The molecule has 0 aromatic carbocycles. The largest absolute Gasteiger partial charge is 0.330 e. The minimum atomic E-state index is 0. The summed E-state index contributed by atoms with van der Waals surface area (Å²) in [6, 6.07) is 0. The van der Waals surface area contributed by atoms with E-state index < -0.39 is 0 Å². The lowest BCUT2D eigenvalue weighted by atomic mass is 10.5. The third kappa shape index (κ3) is 4.98. The molecule has 1 aromatic heterocycles. The Morgan fingerprint density at radius 1 is 1.58 bits per heavy atom. The standard InChI is InChI=1S/C7H12N2S2.ClH/c8-2-1-4-10-6-7-9-3-5-11-7;/h3,5H,1-2,4,6,8H2;1H. The van der Waals surface area contributed by atoms with Crippen LogP contribution in [0, 0.1) is 0 Å². The summed E-state index contributed by atoms with van der Waals surface area (Å²) in [6.07, 6.45) is 2.96. The van der Waals surface area contributed by atoms with Crippen molar-refractivity contribution < 1.29 is 0 Å². The molecule has 2 N–H and O–H groups in total. The van der Waals surface area contributed by atoms with Crippen LogP contribution < -0.4 is 5.73 Å². The van der Waals surface area contributed by atoms with E-state index in [-0.39, 0.29) is 12.4 Å². The van der Waals surface area contributed by atoms with Gasteiger partial charge in [-0.05, 0) is 18.7 Å². The van der Waals surface area contributed by atoms with Gasteiger partial charge in [0.25, 0.3) is 0 Å². The van der Waals surface area contributed by atoms with Crippen molar-refractivity contribution in [3.8, 4) is 0 Å². The van der Waals surface area contributed by atoms with Crippen molar-refractivity contribution in [3.05, 3.63) is 16.6 Å². The average molecular weight is 225 g/mol. The van der Waals surface area contributed by atoms with Crippen molar-refractivity contribution >= 4 is 35.5 Å². The number of hydrogen-bond donors (Lipinski definition) is 1. The lowest BCUT2D eigenvalue weighted by Gasteiger charge is -1.95. The molecule has 0 unspecified atom stereocenters. The Bertz CT molecular complexity index is 180. The highest BCUT2D eigenvalue weighted by molar-refractivity contribution is 7.98. The molecular weight excluding hydrogens is 212 g/mol. The fourth-order valence-electron chi connectivity index (χ4n) is 0.669. The molecule has 0 fully saturated rings. The zero-order chi connectivity index (χ0) is 7.94. The predicted octanol–water partition coefficient (Wildman–Crippen LogP) is 2.15. The van der Waals surface area contributed by atoms with Gasteiger partial charge in [0.05, 0.1) is 0 Å². The Balaban J connectivity index is 0.00000121. The van der Waals surface area contributed by atoms with E-state index in [4.69, 9.17) is 5.73 Å². The van der Waals surface area contributed by atoms with Crippen LogP contribution in [0.3, 0.4) is 0 Å². The van der Waals surface area contributed by atoms with Gasteiger partial charge in [-0.1, -0.05) is 0 Å². The van der Waals surface area contributed by atoms with Crippen LogP contribution in [-0.4, -0.2) is 17.3 Å². The lowest BCUT2D eigenvalue weighted by molar-refractivity contribution is 0.942. The average Bonchev–Trinajstić information content (AvgIpc) is 2.50. The first-order chi connectivity index (χ1) is 5.43. The monoisotopic (exact) mass is 224 g/mol. The van der Waals surface area contributed by atoms with Crippen molar-refractivity contribution in [3.63, 3.8) is 0 Å². The highest BCUT2D eigenvalue weighted by Gasteiger charge is 1.94. The van der Waals surface area contributed by atoms with E-state index >= 15 is 0 Å². The minimum absolute atomic E-state index is 0. The summed E-state index contributed by atoms with van der Waals surface area (Å²) in [5.74, 6) is 2.19. The molecule has 1 aromatic rings. The van der Waals surface area contributed by atoms with Crippen molar-refractivity contribution in [2.45, 2.75) is 12.2 Å². The normalized spacial score (nSPS) is 9.42. The summed E-state index contributed by atoms with van der Waals surface area (Å²) in [5, 5.41) is 3.23. The van der Waals surface area contributed by atoms with Crippen LogP contribution in [0.4, 0.5) is 0 Å². The molecule has 0 spiro atoms. The molecule has 0 saturated heterocycles. The van der Waals surface area contributed by atoms with Crippen LogP contribution >= 0.6 is 35.5 Å². The molecule has 0 atom stereocenters. The van der Waals surface area contributed by atoms with Gasteiger partial charge in [-0.25, -0.2) is 4.98 Å². The first-order valence-electron chi connectivity index (χ1n) is 3.59. The highest BCUT2D eigenvalue weighted by atomic mass is 35.5. The lowest BCUT2D eigenvalue weighted by Crippen LogP contribution is -1.99. The number of aromatic nitrogens is 1. The fraction of sp³-hybridized carbons (Fsp3) is 0.571. The minimum Gasteiger partial charge on any atom is -0.330 e. The van der Waals surface area contributed by atoms with E-state index in [0.717, 1.165) is 24.5 Å². The summed E-state index contributed by atoms with van der Waals surface area (Å²) in [7, 11) is 0. The van der Waals surface area contributed by atoms with Crippen LogP contribution in [-0.2, 0) is 5.75 Å². The zero-order valence-electron chi connectivity index (χ0n) is 6.73. The van der Waals surface area contributed by atoms with Crippen LogP contribution in [0.2, 0.25) is 0 Å². The Morgan fingerprint density at radius 2 is 2.42 bits per heavy atom. The van der Waals surface area contributed by atoms with Gasteiger partial charge in [0.2, 0.25) is 0 Å². The molecule has 70 valence electrons. The summed E-state index contributed by atoms with van der Waals surface area (Å²) in [4.78, 5) is 4.18. The molecule has 0 aliphatic rings. The molecule has 0 bridgehead atoms. The van der Waals surface area contributed by atoms with Gasteiger partial charge in [-0.15, -0.1) is 23.7 Å². The number of nitrogens with two attached hydrogens (primary N) is 1. The Hall–Kier alpha value is 0.230. The van der Waals surface area contributed by atoms with Gasteiger partial charge in [-0.2, -0.15) is 11.8 Å². The van der Waals surface area contributed by atoms with Gasteiger partial charge < -0.3 is 5.73 Å². The molecule has 0 radical (unpaired) electrons. The predicted molar refractivity (Wildman–Crippen MR) is 59.2 cm³/mol. The van der Waals surface area contributed by atoms with Gasteiger partial charge in [0, 0.05) is 17.3 Å². The maximum atomic E-state index is 5.36. The van der Waals surface area contributed by atoms with E-state index in [2.05, 4.69) is 4.98 Å². The molecule has 0 aliphatic carbocycles. The number of halogens is 1. The molecule has 0 saturated carbocycles. The number of thioether (sulfide) groups is 1. The highest BCUT2D eigenvalue weighted by Crippen LogP contribution is 2.14. The Labute approximate surface area is 87.4 Å². The van der Waals surface area contributed by atoms with Gasteiger partial charge in [-0.3, -0.25) is 0 Å². The zero-order valence-corrected chi connectivity index (χ0v) is 9.18. The maximum absolute atomic E-state index is 5.36. The van der Waals surface area contributed by atoms with E-state index in [1.54, 1.807) is 11.3 Å². The molecule has 12 heavy (non-hydrogen) atoms. The summed E-state index contributed by atoms with van der Waals surface area (Å²) in [6.45, 7) is 0.796. The summed E-state index contributed by atoms with van der Waals surface area (Å²) in [5.41, 5.74) is 5.36. The molecular formula is C7H13ClN2S2. The molecule has 5 heteroatoms. The molecule has 2 nitrogen and oxygen atoms in total. The second kappa shape index (κ2) is 7.86. The summed E-state index contributed by atoms with van der Waals surface area (Å²) < 4.78 is 0. The Kier molecular flexibility index (Phi) is 8.01. The maximum Gasteiger partial charge on any atom is 0.102 e. The smallest absolute Gasteiger partial charge is 0.102 e. The Morgan fingerprint density at radius 3 is 3.00 bits per heavy atom. The second-order valence-electron chi connectivity index (χ2n) is 2.12. The van der Waals surface area contributed by atoms with Crippen molar-refractivity contribution in [2.75, 3.05) is 12.3 Å². The van der Waals surface area contributed by atoms with Crippen LogP contribution in [0.15, 0.2) is 11.6 Å². The van der Waals surface area contributed by atoms with E-state index in [1.165, 1.54) is 5.01 Å². The van der Waals surface area contributed by atoms with E-state index in [0.29, 0.717) is 0 Å². The third-order valence-corrected chi connectivity index (χ3v) is 3.22. The SMILES string of the molecule is Cl.NCCCSCc1nccs1. The first-order valence-corrected chi connectivity index (χ1v) is 5.63. The molecule has 1 rings (SSSR count). The van der Waals surface area contributed by atoms with Gasteiger partial charge in [0.15, 0.2) is 0 Å². The van der Waals surface area contributed by atoms with Crippen molar-refractivity contribution in [2.24, 2.45) is 5.73 Å². The number of thiazole rings is 1. The first kappa shape index (κ1) is 12.2. The molecule has 0 aliphatic heterocycles. The van der Waals surface area contributed by atoms with E-state index in [1.807, 2.05) is 23.3 Å². The van der Waals surface area contributed by atoms with Gasteiger partial charge >= 0.3 is 0 Å². The van der Waals surface area contributed by atoms with Crippen molar-refractivity contribution in [1.82, 2.24) is 4.98 Å². The van der Waals surface area contributed by atoms with Crippen LogP contribution in [0.25, 0.3) is 0 Å². The number of rotatable bonds is 5.